The second kappa shape index (κ2) is 4.96. The summed E-state index contributed by atoms with van der Waals surface area (Å²) in [4.78, 5) is 10.7. The molecule has 0 rings (SSSR count). The summed E-state index contributed by atoms with van der Waals surface area (Å²) in [6, 6.07) is 0. The van der Waals surface area contributed by atoms with Gasteiger partial charge in [0.2, 0.25) is 5.91 Å². The molecule has 2 N–H and O–H groups in total. The molecule has 0 aromatic carbocycles. The Labute approximate surface area is 74.8 Å². The van der Waals surface area contributed by atoms with E-state index in [1.54, 1.807) is 6.92 Å². The van der Waals surface area contributed by atoms with Crippen molar-refractivity contribution in [3.8, 4) is 0 Å². The maximum absolute atomic E-state index is 10.7. The van der Waals surface area contributed by atoms with Crippen LogP contribution in [-0.4, -0.2) is 5.91 Å². The summed E-state index contributed by atoms with van der Waals surface area (Å²) in [5.74, 6) is 0.729. The summed E-state index contributed by atoms with van der Waals surface area (Å²) in [5, 5.41) is 0. The van der Waals surface area contributed by atoms with Crippen molar-refractivity contribution in [2.45, 2.75) is 34.1 Å². The molecule has 12 heavy (non-hydrogen) atoms. The zero-order chi connectivity index (χ0) is 9.72. The number of hydrogen-bond acceptors (Lipinski definition) is 1. The molecule has 2 unspecified atom stereocenters. The van der Waals surface area contributed by atoms with Crippen LogP contribution in [0, 0.1) is 11.8 Å². The van der Waals surface area contributed by atoms with E-state index in [4.69, 9.17) is 5.73 Å². The van der Waals surface area contributed by atoms with Crippen molar-refractivity contribution in [3.63, 3.8) is 0 Å². The van der Waals surface area contributed by atoms with Gasteiger partial charge in [-0.15, -0.1) is 0 Å². The first-order valence-corrected chi connectivity index (χ1v) is 4.47. The predicted octanol–water partition coefficient (Wildman–Crippen LogP) is 2.10. The number of hydrogen-bond donors (Lipinski definition) is 1. The number of primary amides is 1. The SMILES string of the molecule is CCC(C)C(C)/C=C(\C)C(N)=O. The molecule has 0 aliphatic carbocycles. The molecule has 0 fully saturated rings. The van der Waals surface area contributed by atoms with E-state index in [0.29, 0.717) is 17.4 Å². The smallest absolute Gasteiger partial charge is 0.244 e. The van der Waals surface area contributed by atoms with Crippen LogP contribution in [0.2, 0.25) is 0 Å². The fraction of sp³-hybridized carbons (Fsp3) is 0.700. The average Bonchev–Trinajstić information content (AvgIpc) is 2.02. The molecule has 2 nitrogen and oxygen atoms in total. The number of amides is 1. The highest BCUT2D eigenvalue weighted by atomic mass is 16.1. The number of allylic oxidation sites excluding steroid dienone is 1. The van der Waals surface area contributed by atoms with Crippen LogP contribution in [0.15, 0.2) is 11.6 Å². The Morgan fingerprint density at radius 3 is 2.33 bits per heavy atom. The highest BCUT2D eigenvalue weighted by molar-refractivity contribution is 5.91. The first-order valence-electron chi connectivity index (χ1n) is 4.47. The van der Waals surface area contributed by atoms with Crippen molar-refractivity contribution >= 4 is 5.91 Å². The highest BCUT2D eigenvalue weighted by Crippen LogP contribution is 2.17. The largest absolute Gasteiger partial charge is 0.366 e. The molecular formula is C10H19NO. The zero-order valence-corrected chi connectivity index (χ0v) is 8.42. The molecule has 0 radical (unpaired) electrons. The van der Waals surface area contributed by atoms with Gasteiger partial charge in [-0.2, -0.15) is 0 Å². The lowest BCUT2D eigenvalue weighted by Crippen LogP contribution is -2.14. The highest BCUT2D eigenvalue weighted by Gasteiger charge is 2.08. The Balaban J connectivity index is 4.22. The van der Waals surface area contributed by atoms with Gasteiger partial charge in [0.15, 0.2) is 0 Å². The maximum Gasteiger partial charge on any atom is 0.244 e. The quantitative estimate of drug-likeness (QED) is 0.643. The molecule has 0 spiro atoms. The number of nitrogens with two attached hydrogens (primary N) is 1. The van der Waals surface area contributed by atoms with E-state index in [1.165, 1.54) is 0 Å². The molecule has 0 aliphatic rings. The summed E-state index contributed by atoms with van der Waals surface area (Å²) in [5.41, 5.74) is 5.79. The molecule has 0 heterocycles. The fourth-order valence-corrected chi connectivity index (χ4v) is 1.01. The van der Waals surface area contributed by atoms with Gasteiger partial charge in [-0.1, -0.05) is 33.3 Å². The molecule has 0 aliphatic heterocycles. The topological polar surface area (TPSA) is 43.1 Å². The average molecular weight is 169 g/mol. The Hall–Kier alpha value is -0.790. The lowest BCUT2D eigenvalue weighted by Gasteiger charge is -2.14. The molecule has 2 atom stereocenters. The third-order valence-corrected chi connectivity index (χ3v) is 2.44. The Kier molecular flexibility index (Phi) is 4.64. The van der Waals surface area contributed by atoms with Crippen LogP contribution in [0.4, 0.5) is 0 Å². The van der Waals surface area contributed by atoms with Crippen LogP contribution < -0.4 is 5.73 Å². The van der Waals surface area contributed by atoms with Gasteiger partial charge < -0.3 is 5.73 Å². The minimum absolute atomic E-state index is 0.315. The van der Waals surface area contributed by atoms with Crippen molar-refractivity contribution in [1.82, 2.24) is 0 Å². The van der Waals surface area contributed by atoms with Gasteiger partial charge in [-0.05, 0) is 18.8 Å². The van der Waals surface area contributed by atoms with Gasteiger partial charge in [-0.3, -0.25) is 4.79 Å². The minimum Gasteiger partial charge on any atom is -0.366 e. The molecule has 70 valence electrons. The third kappa shape index (κ3) is 3.56. The Bertz CT molecular complexity index is 184. The van der Waals surface area contributed by atoms with Gasteiger partial charge >= 0.3 is 0 Å². The van der Waals surface area contributed by atoms with E-state index >= 15 is 0 Å². The standard InChI is InChI=1S/C10H19NO/c1-5-7(2)8(3)6-9(4)10(11)12/h6-8H,5H2,1-4H3,(H2,11,12)/b9-6+. The lowest BCUT2D eigenvalue weighted by atomic mass is 9.92. The van der Waals surface area contributed by atoms with E-state index < -0.39 is 0 Å². The monoisotopic (exact) mass is 169 g/mol. The predicted molar refractivity (Wildman–Crippen MR) is 51.6 cm³/mol. The number of carbonyl (C=O) groups is 1. The van der Waals surface area contributed by atoms with E-state index in [2.05, 4.69) is 20.8 Å². The van der Waals surface area contributed by atoms with Gasteiger partial charge in [0.25, 0.3) is 0 Å². The van der Waals surface area contributed by atoms with Crippen LogP contribution in [0.3, 0.4) is 0 Å². The van der Waals surface area contributed by atoms with Gasteiger partial charge in [0.1, 0.15) is 0 Å². The van der Waals surface area contributed by atoms with Gasteiger partial charge in [0, 0.05) is 5.57 Å². The van der Waals surface area contributed by atoms with Crippen LogP contribution in [0.1, 0.15) is 34.1 Å². The van der Waals surface area contributed by atoms with Crippen molar-refractivity contribution in [2.24, 2.45) is 17.6 Å². The Morgan fingerprint density at radius 2 is 2.00 bits per heavy atom. The molecule has 2 heteroatoms. The zero-order valence-electron chi connectivity index (χ0n) is 8.42. The van der Waals surface area contributed by atoms with Crippen molar-refractivity contribution in [3.05, 3.63) is 11.6 Å². The maximum atomic E-state index is 10.7. The number of carbonyl (C=O) groups excluding carboxylic acids is 1. The molecule has 0 saturated heterocycles. The fourth-order valence-electron chi connectivity index (χ4n) is 1.01. The summed E-state index contributed by atoms with van der Waals surface area (Å²) < 4.78 is 0. The van der Waals surface area contributed by atoms with Crippen molar-refractivity contribution in [2.75, 3.05) is 0 Å². The second-order valence-corrected chi connectivity index (χ2v) is 3.46. The molecule has 0 saturated carbocycles. The molecule has 0 aromatic rings. The number of rotatable bonds is 4. The lowest BCUT2D eigenvalue weighted by molar-refractivity contribution is -0.114. The second-order valence-electron chi connectivity index (χ2n) is 3.46. The normalized spacial score (nSPS) is 17.2. The van der Waals surface area contributed by atoms with E-state index in [9.17, 15) is 4.79 Å². The first kappa shape index (κ1) is 11.2. The molecule has 0 aromatic heterocycles. The third-order valence-electron chi connectivity index (χ3n) is 2.44. The summed E-state index contributed by atoms with van der Waals surface area (Å²) in [7, 11) is 0. The van der Waals surface area contributed by atoms with Crippen molar-refractivity contribution in [1.29, 1.82) is 0 Å². The van der Waals surface area contributed by atoms with E-state index in [-0.39, 0.29) is 5.91 Å². The van der Waals surface area contributed by atoms with Crippen LogP contribution >= 0.6 is 0 Å². The van der Waals surface area contributed by atoms with Crippen LogP contribution in [0.5, 0.6) is 0 Å². The van der Waals surface area contributed by atoms with Crippen LogP contribution in [-0.2, 0) is 4.79 Å². The Morgan fingerprint density at radius 1 is 1.50 bits per heavy atom. The van der Waals surface area contributed by atoms with Gasteiger partial charge in [-0.25, -0.2) is 0 Å². The van der Waals surface area contributed by atoms with E-state index in [1.807, 2.05) is 6.08 Å². The summed E-state index contributed by atoms with van der Waals surface area (Å²) >= 11 is 0. The van der Waals surface area contributed by atoms with Crippen LogP contribution in [0.25, 0.3) is 0 Å². The van der Waals surface area contributed by atoms with Gasteiger partial charge in [0.05, 0.1) is 0 Å². The summed E-state index contributed by atoms with van der Waals surface area (Å²) in [6.07, 6.45) is 3.08. The minimum atomic E-state index is -0.315. The molecule has 1 amide bonds. The van der Waals surface area contributed by atoms with Crippen molar-refractivity contribution < 1.29 is 4.79 Å². The first-order chi connectivity index (χ1) is 5.49. The molecule has 0 bridgehead atoms. The summed E-state index contributed by atoms with van der Waals surface area (Å²) in [6.45, 7) is 8.20. The molecular weight excluding hydrogens is 150 g/mol. The van der Waals surface area contributed by atoms with E-state index in [0.717, 1.165) is 6.42 Å².